The maximum Gasteiger partial charge on any atom is 0.0503 e. The topological polar surface area (TPSA) is 16.1 Å². The van der Waals surface area contributed by atoms with E-state index in [2.05, 4.69) is 34.6 Å². The highest BCUT2D eigenvalue weighted by Gasteiger charge is 2.10. The maximum atomic E-state index is 4.26. The van der Waals surface area contributed by atoms with Gasteiger partial charge in [-0.2, -0.15) is 12.6 Å². The molecule has 15 heavy (non-hydrogen) atoms. The number of likely N-dealkylation sites (tertiary alicyclic amines) is 1. The third-order valence-corrected chi connectivity index (χ3v) is 3.22. The zero-order valence-electron chi connectivity index (χ0n) is 9.02. The van der Waals surface area contributed by atoms with Crippen LogP contribution in [-0.2, 0) is 12.3 Å². The van der Waals surface area contributed by atoms with Gasteiger partial charge in [-0.15, -0.1) is 0 Å². The molecular weight excluding hydrogens is 204 g/mol. The number of hydrogen-bond donors (Lipinski definition) is 1. The fraction of sp³-hybridized carbons (Fsp3) is 0.583. The van der Waals surface area contributed by atoms with Gasteiger partial charge in [0.2, 0.25) is 0 Å². The normalized spacial score (nSPS) is 17.9. The fourth-order valence-corrected chi connectivity index (χ4v) is 2.26. The highest BCUT2D eigenvalue weighted by molar-refractivity contribution is 7.79. The van der Waals surface area contributed by atoms with E-state index < -0.39 is 0 Å². The van der Waals surface area contributed by atoms with Gasteiger partial charge in [0.15, 0.2) is 0 Å². The zero-order chi connectivity index (χ0) is 10.5. The molecule has 0 bridgehead atoms. The Morgan fingerprint density at radius 3 is 2.80 bits per heavy atom. The lowest BCUT2D eigenvalue weighted by Gasteiger charge is -2.26. The highest BCUT2D eigenvalue weighted by Crippen LogP contribution is 2.13. The van der Waals surface area contributed by atoms with Gasteiger partial charge in [-0.05, 0) is 43.6 Å². The molecule has 0 aromatic carbocycles. The molecule has 0 unspecified atom stereocenters. The number of piperidine rings is 1. The van der Waals surface area contributed by atoms with Crippen molar-refractivity contribution in [2.75, 3.05) is 13.1 Å². The third-order valence-electron chi connectivity index (χ3n) is 2.90. The van der Waals surface area contributed by atoms with E-state index in [1.54, 1.807) is 0 Å². The van der Waals surface area contributed by atoms with Gasteiger partial charge >= 0.3 is 0 Å². The summed E-state index contributed by atoms with van der Waals surface area (Å²) < 4.78 is 0. The van der Waals surface area contributed by atoms with E-state index in [1.807, 2.05) is 6.20 Å². The van der Waals surface area contributed by atoms with Crippen LogP contribution in [0.5, 0.6) is 0 Å². The van der Waals surface area contributed by atoms with Crippen molar-refractivity contribution in [3.63, 3.8) is 0 Å². The lowest BCUT2D eigenvalue weighted by atomic mass is 10.1. The summed E-state index contributed by atoms with van der Waals surface area (Å²) in [5, 5.41) is 0. The van der Waals surface area contributed by atoms with Crippen LogP contribution in [0, 0.1) is 0 Å². The zero-order valence-corrected chi connectivity index (χ0v) is 9.92. The largest absolute Gasteiger partial charge is 0.299 e. The molecule has 0 radical (unpaired) electrons. The van der Waals surface area contributed by atoms with Crippen LogP contribution in [0.3, 0.4) is 0 Å². The molecule has 1 fully saturated rings. The van der Waals surface area contributed by atoms with Crippen LogP contribution in [0.4, 0.5) is 0 Å². The van der Waals surface area contributed by atoms with Crippen molar-refractivity contribution in [2.45, 2.75) is 31.6 Å². The van der Waals surface area contributed by atoms with E-state index in [9.17, 15) is 0 Å². The summed E-state index contributed by atoms with van der Waals surface area (Å²) >= 11 is 4.25. The summed E-state index contributed by atoms with van der Waals surface area (Å²) in [7, 11) is 0. The van der Waals surface area contributed by atoms with Crippen LogP contribution in [0.25, 0.3) is 0 Å². The molecule has 0 amide bonds. The predicted molar refractivity (Wildman–Crippen MR) is 66.1 cm³/mol. The average Bonchev–Trinajstić information content (AvgIpc) is 2.31. The number of hydrogen-bond acceptors (Lipinski definition) is 3. The molecule has 1 aromatic rings. The average molecular weight is 222 g/mol. The lowest BCUT2D eigenvalue weighted by Crippen LogP contribution is -2.29. The van der Waals surface area contributed by atoms with Gasteiger partial charge in [0.05, 0.1) is 5.69 Å². The summed E-state index contributed by atoms with van der Waals surface area (Å²) in [6.07, 6.45) is 5.99. The Balaban J connectivity index is 1.96. The molecule has 2 nitrogen and oxygen atoms in total. The Morgan fingerprint density at radius 2 is 2.07 bits per heavy atom. The second-order valence-electron chi connectivity index (χ2n) is 4.15. The van der Waals surface area contributed by atoms with Crippen molar-refractivity contribution in [1.82, 2.24) is 9.88 Å². The van der Waals surface area contributed by atoms with E-state index in [0.29, 0.717) is 0 Å². The summed E-state index contributed by atoms with van der Waals surface area (Å²) in [4.78, 5) is 6.78. The molecule has 82 valence electrons. The summed E-state index contributed by atoms with van der Waals surface area (Å²) in [5.74, 6) is 0.730. The molecule has 3 heteroatoms. The van der Waals surface area contributed by atoms with E-state index in [-0.39, 0.29) is 0 Å². The molecular formula is C12H18N2S. The Morgan fingerprint density at radius 1 is 1.27 bits per heavy atom. The summed E-state index contributed by atoms with van der Waals surface area (Å²) in [6, 6.07) is 4.28. The van der Waals surface area contributed by atoms with Crippen molar-refractivity contribution in [3.8, 4) is 0 Å². The lowest BCUT2D eigenvalue weighted by molar-refractivity contribution is 0.221. The number of nitrogens with zero attached hydrogens (tertiary/aromatic N) is 2. The standard InChI is InChI=1S/C12H18N2S/c15-10-12-8-11(4-5-13-12)9-14-6-2-1-3-7-14/h4-5,8,15H,1-3,6-7,9-10H2. The first-order chi connectivity index (χ1) is 7.38. The number of aromatic nitrogens is 1. The Labute approximate surface area is 97.1 Å². The van der Waals surface area contributed by atoms with Crippen molar-refractivity contribution >= 4 is 12.6 Å². The second kappa shape index (κ2) is 5.52. The van der Waals surface area contributed by atoms with Crippen LogP contribution >= 0.6 is 12.6 Å². The molecule has 1 aromatic heterocycles. The Bertz CT molecular complexity index is 308. The highest BCUT2D eigenvalue weighted by atomic mass is 32.1. The van der Waals surface area contributed by atoms with Crippen molar-refractivity contribution in [1.29, 1.82) is 0 Å². The van der Waals surface area contributed by atoms with Crippen LogP contribution < -0.4 is 0 Å². The van der Waals surface area contributed by atoms with E-state index in [1.165, 1.54) is 37.9 Å². The van der Waals surface area contributed by atoms with E-state index in [4.69, 9.17) is 0 Å². The molecule has 0 aliphatic carbocycles. The van der Waals surface area contributed by atoms with Crippen LogP contribution in [0.2, 0.25) is 0 Å². The van der Waals surface area contributed by atoms with Gasteiger partial charge in [0.25, 0.3) is 0 Å². The Kier molecular flexibility index (Phi) is 4.03. The van der Waals surface area contributed by atoms with E-state index in [0.717, 1.165) is 18.0 Å². The number of thiol groups is 1. The minimum absolute atomic E-state index is 0.730. The van der Waals surface area contributed by atoms with Gasteiger partial charge in [0, 0.05) is 18.5 Å². The molecule has 0 spiro atoms. The first-order valence-corrected chi connectivity index (χ1v) is 6.29. The number of pyridine rings is 1. The van der Waals surface area contributed by atoms with Gasteiger partial charge in [-0.25, -0.2) is 0 Å². The van der Waals surface area contributed by atoms with E-state index >= 15 is 0 Å². The van der Waals surface area contributed by atoms with Crippen LogP contribution in [0.1, 0.15) is 30.5 Å². The molecule has 1 aliphatic heterocycles. The molecule has 2 heterocycles. The first-order valence-electron chi connectivity index (χ1n) is 5.65. The maximum absolute atomic E-state index is 4.26. The van der Waals surface area contributed by atoms with Gasteiger partial charge in [-0.3, -0.25) is 9.88 Å². The monoisotopic (exact) mass is 222 g/mol. The molecule has 1 aliphatic rings. The minimum Gasteiger partial charge on any atom is -0.299 e. The van der Waals surface area contributed by atoms with Crippen LogP contribution in [0.15, 0.2) is 18.3 Å². The molecule has 1 saturated heterocycles. The van der Waals surface area contributed by atoms with Gasteiger partial charge < -0.3 is 0 Å². The summed E-state index contributed by atoms with van der Waals surface area (Å²) in [5.41, 5.74) is 2.45. The SMILES string of the molecule is SCc1cc(CN2CCCCC2)ccn1. The van der Waals surface area contributed by atoms with Gasteiger partial charge in [-0.1, -0.05) is 6.42 Å². The first kappa shape index (κ1) is 11.0. The van der Waals surface area contributed by atoms with Crippen molar-refractivity contribution in [2.24, 2.45) is 0 Å². The molecule has 2 rings (SSSR count). The Hall–Kier alpha value is -0.540. The molecule has 0 saturated carbocycles. The fourth-order valence-electron chi connectivity index (χ4n) is 2.09. The van der Waals surface area contributed by atoms with Gasteiger partial charge in [0.1, 0.15) is 0 Å². The van der Waals surface area contributed by atoms with Crippen molar-refractivity contribution in [3.05, 3.63) is 29.6 Å². The predicted octanol–water partition coefficient (Wildman–Crippen LogP) is 2.50. The second-order valence-corrected chi connectivity index (χ2v) is 4.47. The minimum atomic E-state index is 0.730. The molecule has 0 atom stereocenters. The third kappa shape index (κ3) is 3.21. The number of rotatable bonds is 3. The summed E-state index contributed by atoms with van der Waals surface area (Å²) in [6.45, 7) is 3.57. The molecule has 0 N–H and O–H groups in total. The quantitative estimate of drug-likeness (QED) is 0.791. The smallest absolute Gasteiger partial charge is 0.0503 e. The van der Waals surface area contributed by atoms with Crippen LogP contribution in [-0.4, -0.2) is 23.0 Å². The van der Waals surface area contributed by atoms with Crippen molar-refractivity contribution < 1.29 is 0 Å².